The Kier molecular flexibility index (Phi) is 7.24. The van der Waals surface area contributed by atoms with Crippen LogP contribution < -0.4 is 16.2 Å². The molecule has 22 heavy (non-hydrogen) atoms. The van der Waals surface area contributed by atoms with Crippen molar-refractivity contribution in [1.82, 2.24) is 16.2 Å². The minimum atomic E-state index is -0.482. The number of carbonyl (C=O) groups excluding carboxylic acids is 1. The molecule has 0 unspecified atom stereocenters. The molecule has 0 aliphatic heterocycles. The Morgan fingerprint density at radius 3 is 2.64 bits per heavy atom. The number of unbranched alkanes of at least 4 members (excludes halogenated alkanes) is 2. The van der Waals surface area contributed by atoms with Gasteiger partial charge < -0.3 is 5.32 Å². The van der Waals surface area contributed by atoms with Gasteiger partial charge in [-0.1, -0.05) is 19.8 Å². The summed E-state index contributed by atoms with van der Waals surface area (Å²) in [6, 6.07) is 4.18. The van der Waals surface area contributed by atoms with Crippen LogP contribution in [-0.4, -0.2) is 22.5 Å². The van der Waals surface area contributed by atoms with Gasteiger partial charge >= 0.3 is 0 Å². The van der Waals surface area contributed by atoms with Gasteiger partial charge in [0.25, 0.3) is 11.6 Å². The van der Waals surface area contributed by atoms with Crippen LogP contribution in [-0.2, 0) is 0 Å². The van der Waals surface area contributed by atoms with E-state index < -0.39 is 10.8 Å². The molecular weight excluding hydrogens is 304 g/mol. The molecule has 0 aromatic heterocycles. The lowest BCUT2D eigenvalue weighted by molar-refractivity contribution is -0.385. The highest BCUT2D eigenvalue weighted by atomic mass is 32.1. The van der Waals surface area contributed by atoms with E-state index in [9.17, 15) is 14.9 Å². The lowest BCUT2D eigenvalue weighted by atomic mass is 10.1. The Hall–Kier alpha value is -2.22. The summed E-state index contributed by atoms with van der Waals surface area (Å²) >= 11 is 5.03. The number of hydrogen-bond donors (Lipinski definition) is 3. The van der Waals surface area contributed by atoms with Gasteiger partial charge in [-0.15, -0.1) is 0 Å². The fourth-order valence-electron chi connectivity index (χ4n) is 1.81. The summed E-state index contributed by atoms with van der Waals surface area (Å²) in [5, 5.41) is 14.0. The number of hydrazine groups is 1. The Bertz CT molecular complexity index is 563. The Labute approximate surface area is 134 Å². The van der Waals surface area contributed by atoms with E-state index in [0.29, 0.717) is 16.2 Å². The lowest BCUT2D eigenvalue weighted by Gasteiger charge is -2.11. The van der Waals surface area contributed by atoms with Gasteiger partial charge in [-0.2, -0.15) is 0 Å². The summed E-state index contributed by atoms with van der Waals surface area (Å²) in [6.45, 7) is 4.44. The van der Waals surface area contributed by atoms with E-state index in [1.807, 2.05) is 0 Å². The molecule has 0 spiro atoms. The van der Waals surface area contributed by atoms with E-state index >= 15 is 0 Å². The maximum absolute atomic E-state index is 11.9. The minimum Gasteiger partial charge on any atom is -0.361 e. The lowest BCUT2D eigenvalue weighted by Crippen LogP contribution is -2.47. The summed E-state index contributed by atoms with van der Waals surface area (Å²) in [7, 11) is 0. The second-order valence-corrected chi connectivity index (χ2v) is 5.21. The van der Waals surface area contributed by atoms with Crippen LogP contribution >= 0.6 is 12.2 Å². The second kappa shape index (κ2) is 8.93. The average Bonchev–Trinajstić information content (AvgIpc) is 2.48. The quantitative estimate of drug-likeness (QED) is 0.321. The third-order valence-electron chi connectivity index (χ3n) is 3.01. The number of carbonyl (C=O) groups is 1. The summed E-state index contributed by atoms with van der Waals surface area (Å²) in [6.07, 6.45) is 3.25. The zero-order valence-corrected chi connectivity index (χ0v) is 13.5. The Morgan fingerprint density at radius 1 is 1.32 bits per heavy atom. The standard InChI is InChI=1S/C14H20N4O3S/c1-3-4-5-8-15-14(22)17-16-13(19)11-6-7-12(18(20)21)10(2)9-11/h6-7,9H,3-5,8H2,1-2H3,(H,16,19)(H2,15,17,22). The normalized spacial score (nSPS) is 9.91. The first-order valence-corrected chi connectivity index (χ1v) is 7.45. The van der Waals surface area contributed by atoms with Crippen molar-refractivity contribution in [1.29, 1.82) is 0 Å². The van der Waals surface area contributed by atoms with Crippen LogP contribution in [0, 0.1) is 17.0 Å². The molecule has 0 heterocycles. The molecule has 3 N–H and O–H groups in total. The van der Waals surface area contributed by atoms with Gasteiger partial charge in [0.2, 0.25) is 0 Å². The van der Waals surface area contributed by atoms with Crippen LogP contribution in [0.2, 0.25) is 0 Å². The number of nitrogens with one attached hydrogen (secondary N) is 3. The van der Waals surface area contributed by atoms with Crippen LogP contribution in [0.1, 0.15) is 42.1 Å². The molecule has 1 rings (SSSR count). The Balaban J connectivity index is 2.47. The van der Waals surface area contributed by atoms with E-state index in [0.717, 1.165) is 25.8 Å². The first kappa shape index (κ1) is 17.8. The minimum absolute atomic E-state index is 0.0161. The van der Waals surface area contributed by atoms with Gasteiger partial charge in [0.1, 0.15) is 0 Å². The SMILES string of the molecule is CCCCCNC(=S)NNC(=O)c1ccc([N+](=O)[O-])c(C)c1. The van der Waals surface area contributed by atoms with Gasteiger partial charge in [-0.05, 0) is 37.7 Å². The number of thiocarbonyl (C=S) groups is 1. The number of hydrogen-bond acceptors (Lipinski definition) is 4. The summed E-state index contributed by atoms with van der Waals surface area (Å²) < 4.78 is 0. The fraction of sp³-hybridized carbons (Fsp3) is 0.429. The zero-order valence-electron chi connectivity index (χ0n) is 12.6. The van der Waals surface area contributed by atoms with Crippen molar-refractivity contribution in [2.45, 2.75) is 33.1 Å². The van der Waals surface area contributed by atoms with Crippen molar-refractivity contribution in [2.75, 3.05) is 6.54 Å². The molecule has 0 fully saturated rings. The molecule has 0 radical (unpaired) electrons. The molecule has 0 saturated heterocycles. The first-order chi connectivity index (χ1) is 10.5. The third kappa shape index (κ3) is 5.65. The molecule has 0 atom stereocenters. The number of rotatable bonds is 6. The van der Waals surface area contributed by atoms with E-state index in [4.69, 9.17) is 12.2 Å². The first-order valence-electron chi connectivity index (χ1n) is 7.05. The van der Waals surface area contributed by atoms with Gasteiger partial charge in [-0.25, -0.2) is 0 Å². The summed E-state index contributed by atoms with van der Waals surface area (Å²) in [5.41, 5.74) is 5.79. The zero-order chi connectivity index (χ0) is 16.5. The number of aryl methyl sites for hydroxylation is 1. The fourth-order valence-corrected chi connectivity index (χ4v) is 1.96. The number of amides is 1. The van der Waals surface area contributed by atoms with Crippen LogP contribution in [0.3, 0.4) is 0 Å². The largest absolute Gasteiger partial charge is 0.361 e. The van der Waals surface area contributed by atoms with Gasteiger partial charge in [0.05, 0.1) is 4.92 Å². The monoisotopic (exact) mass is 324 g/mol. The molecule has 0 aliphatic carbocycles. The maximum atomic E-state index is 11.9. The van der Waals surface area contributed by atoms with E-state index in [1.165, 1.54) is 18.2 Å². The predicted molar refractivity (Wildman–Crippen MR) is 88.6 cm³/mol. The average molecular weight is 324 g/mol. The molecule has 1 amide bonds. The molecule has 7 nitrogen and oxygen atoms in total. The van der Waals surface area contributed by atoms with Crippen molar-refractivity contribution in [3.63, 3.8) is 0 Å². The maximum Gasteiger partial charge on any atom is 0.272 e. The smallest absolute Gasteiger partial charge is 0.272 e. The molecule has 1 aromatic carbocycles. The van der Waals surface area contributed by atoms with Crippen molar-refractivity contribution in [2.24, 2.45) is 0 Å². The van der Waals surface area contributed by atoms with Crippen LogP contribution in [0.5, 0.6) is 0 Å². The molecule has 8 heteroatoms. The van der Waals surface area contributed by atoms with Crippen LogP contribution in [0.15, 0.2) is 18.2 Å². The molecule has 0 aliphatic rings. The van der Waals surface area contributed by atoms with Gasteiger partial charge in [-0.3, -0.25) is 25.8 Å². The molecule has 0 bridgehead atoms. The van der Waals surface area contributed by atoms with Crippen LogP contribution in [0.25, 0.3) is 0 Å². The highest BCUT2D eigenvalue weighted by Gasteiger charge is 2.13. The number of nitro groups is 1. The summed E-state index contributed by atoms with van der Waals surface area (Å²) in [4.78, 5) is 22.2. The van der Waals surface area contributed by atoms with Crippen molar-refractivity contribution in [3.05, 3.63) is 39.4 Å². The number of nitrogens with zero attached hydrogens (tertiary/aromatic N) is 1. The molecular formula is C14H20N4O3S. The molecule has 120 valence electrons. The van der Waals surface area contributed by atoms with Crippen LogP contribution in [0.4, 0.5) is 5.69 Å². The Morgan fingerprint density at radius 2 is 2.05 bits per heavy atom. The molecule has 0 saturated carbocycles. The third-order valence-corrected chi connectivity index (χ3v) is 3.26. The molecule has 1 aromatic rings. The van der Waals surface area contributed by atoms with Crippen molar-refractivity contribution >= 4 is 28.9 Å². The van der Waals surface area contributed by atoms with E-state index in [-0.39, 0.29) is 5.69 Å². The summed E-state index contributed by atoms with van der Waals surface area (Å²) in [5.74, 6) is -0.407. The predicted octanol–water partition coefficient (Wildman–Crippen LogP) is 2.20. The van der Waals surface area contributed by atoms with E-state index in [1.54, 1.807) is 6.92 Å². The highest BCUT2D eigenvalue weighted by molar-refractivity contribution is 7.80. The topological polar surface area (TPSA) is 96.3 Å². The number of benzene rings is 1. The number of nitro benzene ring substituents is 1. The van der Waals surface area contributed by atoms with Crippen molar-refractivity contribution < 1.29 is 9.72 Å². The van der Waals surface area contributed by atoms with E-state index in [2.05, 4.69) is 23.1 Å². The second-order valence-electron chi connectivity index (χ2n) is 4.80. The highest BCUT2D eigenvalue weighted by Crippen LogP contribution is 2.18. The van der Waals surface area contributed by atoms with Gasteiger partial charge in [0.15, 0.2) is 5.11 Å². The van der Waals surface area contributed by atoms with Gasteiger partial charge in [0, 0.05) is 23.7 Å². The van der Waals surface area contributed by atoms with Crippen molar-refractivity contribution in [3.8, 4) is 0 Å².